The molecule has 0 radical (unpaired) electrons. The average Bonchev–Trinajstić information content (AvgIpc) is 2.35. The number of nitrogens with zero attached hydrogens (tertiary/aromatic N) is 2. The second-order valence-electron chi connectivity index (χ2n) is 4.49. The van der Waals surface area contributed by atoms with Gasteiger partial charge in [0.05, 0.1) is 16.4 Å². The van der Waals surface area contributed by atoms with Gasteiger partial charge in [0.1, 0.15) is 0 Å². The van der Waals surface area contributed by atoms with E-state index in [1.54, 1.807) is 19.1 Å². The van der Waals surface area contributed by atoms with Gasteiger partial charge in [-0.2, -0.15) is 0 Å². The van der Waals surface area contributed by atoms with E-state index in [2.05, 4.69) is 10.3 Å². The fourth-order valence-corrected chi connectivity index (χ4v) is 1.90. The molecule has 0 amide bonds. The summed E-state index contributed by atoms with van der Waals surface area (Å²) in [5, 5.41) is 24.6. The van der Waals surface area contributed by atoms with Crippen LogP contribution in [0.5, 0.6) is 0 Å². The summed E-state index contributed by atoms with van der Waals surface area (Å²) >= 11 is 0. The smallest absolute Gasteiger partial charge is 0.278 e. The Balaban J connectivity index is 2.57. The Morgan fingerprint density at radius 2 is 2.21 bits per heavy atom. The van der Waals surface area contributed by atoms with Crippen molar-refractivity contribution in [3.05, 3.63) is 40.2 Å². The molecular formula is C13H15N3O3. The van der Waals surface area contributed by atoms with Gasteiger partial charge in [-0.05, 0) is 26.0 Å². The van der Waals surface area contributed by atoms with Crippen LogP contribution in [-0.4, -0.2) is 27.7 Å². The Morgan fingerprint density at radius 1 is 1.47 bits per heavy atom. The third-order valence-corrected chi connectivity index (χ3v) is 2.80. The molecule has 2 aromatic rings. The molecule has 2 rings (SSSR count). The van der Waals surface area contributed by atoms with Gasteiger partial charge >= 0.3 is 0 Å². The molecule has 0 aliphatic rings. The predicted octanol–water partition coefficient (Wildman–Crippen LogP) is 2.24. The number of hydrogen-bond donors (Lipinski definition) is 2. The van der Waals surface area contributed by atoms with Gasteiger partial charge in [0.25, 0.3) is 5.69 Å². The number of hydrogen-bond acceptors (Lipinski definition) is 5. The third-order valence-electron chi connectivity index (χ3n) is 2.80. The first kappa shape index (κ1) is 13.2. The highest BCUT2D eigenvalue weighted by atomic mass is 16.6. The van der Waals surface area contributed by atoms with Crippen molar-refractivity contribution in [3.63, 3.8) is 0 Å². The number of aryl methyl sites for hydroxylation is 1. The van der Waals surface area contributed by atoms with Crippen molar-refractivity contribution in [1.82, 2.24) is 4.98 Å². The van der Waals surface area contributed by atoms with Crippen molar-refractivity contribution >= 4 is 22.1 Å². The summed E-state index contributed by atoms with van der Waals surface area (Å²) < 4.78 is 0. The van der Waals surface area contributed by atoms with Crippen LogP contribution in [0.25, 0.3) is 10.8 Å². The quantitative estimate of drug-likeness (QED) is 0.651. The number of nitro benzene ring substituents is 1. The molecule has 1 aromatic heterocycles. The van der Waals surface area contributed by atoms with Crippen LogP contribution in [0.3, 0.4) is 0 Å². The lowest BCUT2D eigenvalue weighted by molar-refractivity contribution is -0.383. The topological polar surface area (TPSA) is 88.3 Å². The number of nitrogens with one attached hydrogen (secondary N) is 1. The van der Waals surface area contributed by atoms with Crippen LogP contribution in [0.4, 0.5) is 11.4 Å². The molecule has 6 nitrogen and oxygen atoms in total. The molecule has 1 aromatic carbocycles. The van der Waals surface area contributed by atoms with Crippen LogP contribution in [-0.2, 0) is 0 Å². The lowest BCUT2D eigenvalue weighted by atomic mass is 10.1. The molecule has 0 saturated carbocycles. The number of non-ortho nitro benzene ring substituents is 1. The zero-order valence-corrected chi connectivity index (χ0v) is 10.8. The van der Waals surface area contributed by atoms with Crippen LogP contribution in [0.2, 0.25) is 0 Å². The Labute approximate surface area is 110 Å². The van der Waals surface area contributed by atoms with Crippen LogP contribution in [0.15, 0.2) is 24.4 Å². The summed E-state index contributed by atoms with van der Waals surface area (Å²) in [6.45, 7) is 3.89. The summed E-state index contributed by atoms with van der Waals surface area (Å²) in [6, 6.07) is 4.90. The minimum atomic E-state index is -0.492. The number of aliphatic hydroxyl groups is 1. The SMILES string of the molecule is Cc1cc2c(NCC(C)O)ccc([N+](=O)[O-])c2cn1. The van der Waals surface area contributed by atoms with E-state index in [0.717, 1.165) is 16.8 Å². The fraction of sp³-hybridized carbons (Fsp3) is 0.308. The van der Waals surface area contributed by atoms with Gasteiger partial charge in [-0.3, -0.25) is 15.1 Å². The highest BCUT2D eigenvalue weighted by Crippen LogP contribution is 2.31. The molecular weight excluding hydrogens is 246 g/mol. The molecule has 0 bridgehead atoms. The van der Waals surface area contributed by atoms with Crippen LogP contribution < -0.4 is 5.32 Å². The van der Waals surface area contributed by atoms with Crippen molar-refractivity contribution < 1.29 is 10.0 Å². The summed E-state index contributed by atoms with van der Waals surface area (Å²) in [6.07, 6.45) is 1.02. The van der Waals surface area contributed by atoms with Gasteiger partial charge in [0, 0.05) is 35.6 Å². The van der Waals surface area contributed by atoms with Gasteiger partial charge in [-0.25, -0.2) is 0 Å². The molecule has 0 aliphatic carbocycles. The summed E-state index contributed by atoms with van der Waals surface area (Å²) in [5.41, 5.74) is 1.57. The fourth-order valence-electron chi connectivity index (χ4n) is 1.90. The van der Waals surface area contributed by atoms with E-state index in [1.165, 1.54) is 12.3 Å². The molecule has 0 spiro atoms. The van der Waals surface area contributed by atoms with Crippen LogP contribution in [0.1, 0.15) is 12.6 Å². The van der Waals surface area contributed by atoms with Crippen LogP contribution in [0, 0.1) is 17.0 Å². The van der Waals surface area contributed by atoms with E-state index in [-0.39, 0.29) is 5.69 Å². The van der Waals surface area contributed by atoms with E-state index < -0.39 is 11.0 Å². The summed E-state index contributed by atoms with van der Waals surface area (Å²) in [7, 11) is 0. The molecule has 0 fully saturated rings. The molecule has 19 heavy (non-hydrogen) atoms. The van der Waals surface area contributed by atoms with E-state index in [9.17, 15) is 15.2 Å². The molecule has 100 valence electrons. The summed E-state index contributed by atoms with van der Waals surface area (Å²) in [4.78, 5) is 14.7. The number of aliphatic hydroxyl groups excluding tert-OH is 1. The number of aromatic nitrogens is 1. The highest BCUT2D eigenvalue weighted by molar-refractivity contribution is 5.99. The number of pyridine rings is 1. The second kappa shape index (κ2) is 5.19. The Kier molecular flexibility index (Phi) is 3.62. The Morgan fingerprint density at radius 3 is 2.84 bits per heavy atom. The van der Waals surface area contributed by atoms with Crippen molar-refractivity contribution in [2.75, 3.05) is 11.9 Å². The zero-order valence-electron chi connectivity index (χ0n) is 10.8. The van der Waals surface area contributed by atoms with Gasteiger partial charge in [0.15, 0.2) is 0 Å². The van der Waals surface area contributed by atoms with E-state index in [4.69, 9.17) is 0 Å². The first-order valence-electron chi connectivity index (χ1n) is 5.94. The Bertz CT molecular complexity index is 626. The number of fused-ring (bicyclic) bond motifs is 1. The van der Waals surface area contributed by atoms with Crippen molar-refractivity contribution in [1.29, 1.82) is 0 Å². The molecule has 1 heterocycles. The number of nitro groups is 1. The standard InChI is InChI=1S/C13H15N3O3/c1-8-5-10-11(7-14-8)13(16(18)19)4-3-12(10)15-6-9(2)17/h3-5,7,9,15,17H,6H2,1-2H3. The first-order chi connectivity index (χ1) is 8.99. The zero-order chi connectivity index (χ0) is 14.0. The molecule has 1 unspecified atom stereocenters. The van der Waals surface area contributed by atoms with Crippen molar-refractivity contribution in [2.24, 2.45) is 0 Å². The summed E-state index contributed by atoms with van der Waals surface area (Å²) in [5.74, 6) is 0. The maximum absolute atomic E-state index is 11.0. The second-order valence-corrected chi connectivity index (χ2v) is 4.49. The van der Waals surface area contributed by atoms with Gasteiger partial charge < -0.3 is 10.4 Å². The number of benzene rings is 1. The average molecular weight is 261 g/mol. The lowest BCUT2D eigenvalue weighted by Gasteiger charge is -2.11. The Hall–Kier alpha value is -2.21. The van der Waals surface area contributed by atoms with E-state index in [0.29, 0.717) is 11.9 Å². The van der Waals surface area contributed by atoms with Gasteiger partial charge in [0.2, 0.25) is 0 Å². The van der Waals surface area contributed by atoms with Gasteiger partial charge in [-0.15, -0.1) is 0 Å². The lowest BCUT2D eigenvalue weighted by Crippen LogP contribution is -2.15. The molecule has 6 heteroatoms. The molecule has 2 N–H and O–H groups in total. The first-order valence-corrected chi connectivity index (χ1v) is 5.94. The largest absolute Gasteiger partial charge is 0.392 e. The molecule has 0 saturated heterocycles. The van der Waals surface area contributed by atoms with Crippen molar-refractivity contribution in [2.45, 2.75) is 20.0 Å². The normalized spacial score (nSPS) is 12.4. The maximum atomic E-state index is 11.0. The van der Waals surface area contributed by atoms with Crippen molar-refractivity contribution in [3.8, 4) is 0 Å². The maximum Gasteiger partial charge on any atom is 0.278 e. The van der Waals surface area contributed by atoms with Gasteiger partial charge in [-0.1, -0.05) is 0 Å². The number of rotatable bonds is 4. The predicted molar refractivity (Wildman–Crippen MR) is 73.3 cm³/mol. The molecule has 0 aliphatic heterocycles. The monoisotopic (exact) mass is 261 g/mol. The number of anilines is 1. The minimum Gasteiger partial charge on any atom is -0.392 e. The van der Waals surface area contributed by atoms with E-state index in [1.807, 2.05) is 6.92 Å². The highest BCUT2D eigenvalue weighted by Gasteiger charge is 2.15. The van der Waals surface area contributed by atoms with E-state index >= 15 is 0 Å². The molecule has 1 atom stereocenters. The minimum absolute atomic E-state index is 0.0325. The van der Waals surface area contributed by atoms with Crippen LogP contribution >= 0.6 is 0 Å². The third kappa shape index (κ3) is 2.79.